The van der Waals surface area contributed by atoms with Crippen LogP contribution in [-0.4, -0.2) is 33.0 Å². The monoisotopic (exact) mass is 610 g/mol. The van der Waals surface area contributed by atoms with Gasteiger partial charge in [-0.25, -0.2) is 4.68 Å². The van der Waals surface area contributed by atoms with Gasteiger partial charge in [-0.1, -0.05) is 60.8 Å². The highest BCUT2D eigenvalue weighted by Crippen LogP contribution is 2.32. The van der Waals surface area contributed by atoms with Crippen molar-refractivity contribution in [3.8, 4) is 28.8 Å². The molecule has 9 heteroatoms. The SMILES string of the molecule is CCCCN1C(=O)C(C#N)=C(C)/C(=C\c2cn(-c3ccccc3)nc2-c2ccc(OCc3ccc(Cl)cc3Cl)cc2)C1=O. The number of aromatic nitrogens is 2. The number of benzene rings is 3. The van der Waals surface area contributed by atoms with E-state index >= 15 is 0 Å². The van der Waals surface area contributed by atoms with Gasteiger partial charge in [0.1, 0.15) is 24.0 Å². The number of nitriles is 1. The minimum absolute atomic E-state index is 0.0266. The van der Waals surface area contributed by atoms with E-state index in [-0.39, 0.29) is 18.7 Å². The van der Waals surface area contributed by atoms with Gasteiger partial charge in [-0.3, -0.25) is 14.5 Å². The molecule has 2 amide bonds. The van der Waals surface area contributed by atoms with Gasteiger partial charge >= 0.3 is 0 Å². The van der Waals surface area contributed by atoms with Crippen molar-refractivity contribution in [3.63, 3.8) is 0 Å². The van der Waals surface area contributed by atoms with Crippen molar-refractivity contribution in [2.75, 3.05) is 6.54 Å². The minimum atomic E-state index is -0.550. The summed E-state index contributed by atoms with van der Waals surface area (Å²) in [6, 6.07) is 24.4. The Hall–Kier alpha value is -4.64. The lowest BCUT2D eigenvalue weighted by Crippen LogP contribution is -2.43. The summed E-state index contributed by atoms with van der Waals surface area (Å²) in [4.78, 5) is 27.6. The molecule has 5 rings (SSSR count). The zero-order chi connectivity index (χ0) is 30.5. The quantitative estimate of drug-likeness (QED) is 0.142. The molecule has 0 N–H and O–H groups in total. The summed E-state index contributed by atoms with van der Waals surface area (Å²) in [5, 5.41) is 15.7. The molecule has 0 bridgehead atoms. The molecule has 0 saturated carbocycles. The van der Waals surface area contributed by atoms with Gasteiger partial charge in [0.25, 0.3) is 11.8 Å². The first kappa shape index (κ1) is 29.8. The fraction of sp³-hybridized carbons (Fsp3) is 0.176. The molecule has 0 saturated heterocycles. The maximum absolute atomic E-state index is 13.6. The predicted molar refractivity (Wildman–Crippen MR) is 168 cm³/mol. The summed E-state index contributed by atoms with van der Waals surface area (Å²) in [6.45, 7) is 4.15. The first-order valence-electron chi connectivity index (χ1n) is 13.8. The van der Waals surface area contributed by atoms with E-state index in [9.17, 15) is 14.9 Å². The molecule has 3 aromatic carbocycles. The standard InChI is InChI=1S/C34H28Cl2N4O3/c1-3-4-16-39-33(41)29(22(2)30(19-37)34(39)42)17-25-20-40(27-8-6-5-7-9-27)38-32(25)23-11-14-28(15-12-23)43-21-24-10-13-26(35)18-31(24)36/h5-15,17-18,20H,3-4,16,21H2,1-2H3/b29-17+. The number of unbranched alkanes of at least 4 members (excludes halogenated alkanes) is 1. The summed E-state index contributed by atoms with van der Waals surface area (Å²) in [7, 11) is 0. The van der Waals surface area contributed by atoms with Crippen LogP contribution in [0.5, 0.6) is 5.75 Å². The summed E-state index contributed by atoms with van der Waals surface area (Å²) in [5.74, 6) is -0.327. The van der Waals surface area contributed by atoms with Crippen LogP contribution < -0.4 is 4.74 Å². The normalized spacial score (nSPS) is 14.4. The molecule has 0 atom stereocenters. The van der Waals surface area contributed by atoms with Crippen molar-refractivity contribution in [1.29, 1.82) is 5.26 Å². The second-order valence-corrected chi connectivity index (χ2v) is 10.9. The summed E-state index contributed by atoms with van der Waals surface area (Å²) in [6.07, 6.45) is 5.01. The van der Waals surface area contributed by atoms with E-state index in [0.717, 1.165) is 23.2 Å². The number of para-hydroxylation sites is 1. The molecule has 0 radical (unpaired) electrons. The van der Waals surface area contributed by atoms with Crippen LogP contribution in [-0.2, 0) is 16.2 Å². The second kappa shape index (κ2) is 13.1. The van der Waals surface area contributed by atoms with Crippen molar-refractivity contribution >= 4 is 41.1 Å². The van der Waals surface area contributed by atoms with Gasteiger partial charge in [-0.2, -0.15) is 10.4 Å². The fourth-order valence-electron chi connectivity index (χ4n) is 4.74. The summed E-state index contributed by atoms with van der Waals surface area (Å²) >= 11 is 12.3. The number of ether oxygens (including phenoxy) is 1. The maximum atomic E-state index is 13.6. The Balaban J connectivity index is 1.53. The van der Waals surface area contributed by atoms with Crippen LogP contribution in [0.15, 0.2) is 95.7 Å². The predicted octanol–water partition coefficient (Wildman–Crippen LogP) is 7.82. The Kier molecular flexibility index (Phi) is 9.10. The molecule has 0 spiro atoms. The topological polar surface area (TPSA) is 88.2 Å². The molecule has 0 aliphatic carbocycles. The third-order valence-electron chi connectivity index (χ3n) is 7.16. The molecule has 1 aliphatic heterocycles. The number of rotatable bonds is 9. The molecule has 4 aromatic rings. The number of hydrogen-bond donors (Lipinski definition) is 0. The van der Waals surface area contributed by atoms with E-state index in [1.165, 1.54) is 4.90 Å². The van der Waals surface area contributed by atoms with Gasteiger partial charge < -0.3 is 4.74 Å². The third-order valence-corrected chi connectivity index (χ3v) is 7.75. The number of amides is 2. The first-order valence-corrected chi connectivity index (χ1v) is 14.6. The van der Waals surface area contributed by atoms with E-state index in [1.54, 1.807) is 29.8 Å². The van der Waals surface area contributed by atoms with E-state index in [4.69, 9.17) is 33.0 Å². The number of hydrogen-bond acceptors (Lipinski definition) is 5. The molecule has 1 aliphatic rings. The molecule has 0 fully saturated rings. The largest absolute Gasteiger partial charge is 0.489 e. The zero-order valence-corrected chi connectivity index (χ0v) is 25.2. The minimum Gasteiger partial charge on any atom is -0.489 e. The van der Waals surface area contributed by atoms with Gasteiger partial charge in [-0.15, -0.1) is 0 Å². The Bertz CT molecular complexity index is 1780. The molecular formula is C34H28Cl2N4O3. The Morgan fingerprint density at radius 2 is 1.74 bits per heavy atom. The van der Waals surface area contributed by atoms with E-state index in [1.807, 2.05) is 79.9 Å². The van der Waals surface area contributed by atoms with Gasteiger partial charge in [-0.05, 0) is 73.5 Å². The van der Waals surface area contributed by atoms with Gasteiger partial charge in [0, 0.05) is 45.1 Å². The number of imide groups is 1. The average molecular weight is 612 g/mol. The second-order valence-electron chi connectivity index (χ2n) is 10.0. The van der Waals surface area contributed by atoms with E-state index in [2.05, 4.69) is 0 Å². The van der Waals surface area contributed by atoms with Crippen LogP contribution >= 0.6 is 23.2 Å². The van der Waals surface area contributed by atoms with Gasteiger partial charge in [0.2, 0.25) is 0 Å². The zero-order valence-electron chi connectivity index (χ0n) is 23.7. The lowest BCUT2D eigenvalue weighted by Gasteiger charge is -2.27. The van der Waals surface area contributed by atoms with Gasteiger partial charge in [0.15, 0.2) is 0 Å². The third kappa shape index (κ3) is 6.41. The van der Waals surface area contributed by atoms with Crippen LogP contribution in [0.4, 0.5) is 0 Å². The van der Waals surface area contributed by atoms with Crippen molar-refractivity contribution in [1.82, 2.24) is 14.7 Å². The lowest BCUT2D eigenvalue weighted by molar-refractivity contribution is -0.140. The smallest absolute Gasteiger partial charge is 0.271 e. The van der Waals surface area contributed by atoms with Crippen LogP contribution in [0.2, 0.25) is 10.0 Å². The van der Waals surface area contributed by atoms with Crippen molar-refractivity contribution in [2.24, 2.45) is 0 Å². The fourth-order valence-corrected chi connectivity index (χ4v) is 5.21. The Labute approximate surface area is 260 Å². The average Bonchev–Trinajstić information content (AvgIpc) is 3.44. The number of carbonyl (C=O) groups excluding carboxylic acids is 2. The van der Waals surface area contributed by atoms with Gasteiger partial charge in [0.05, 0.1) is 11.4 Å². The summed E-state index contributed by atoms with van der Waals surface area (Å²) in [5.41, 5.74) is 4.36. The Morgan fingerprint density at radius 3 is 2.42 bits per heavy atom. The van der Waals surface area contributed by atoms with Crippen LogP contribution in [0, 0.1) is 11.3 Å². The molecule has 216 valence electrons. The van der Waals surface area contributed by atoms with Crippen LogP contribution in [0.3, 0.4) is 0 Å². The van der Waals surface area contributed by atoms with Crippen molar-refractivity contribution < 1.29 is 14.3 Å². The molecule has 1 aromatic heterocycles. The van der Waals surface area contributed by atoms with Crippen LogP contribution in [0.25, 0.3) is 23.0 Å². The Morgan fingerprint density at radius 1 is 1.00 bits per heavy atom. The van der Waals surface area contributed by atoms with Crippen molar-refractivity contribution in [3.05, 3.63) is 117 Å². The van der Waals surface area contributed by atoms with Crippen molar-refractivity contribution in [2.45, 2.75) is 33.3 Å². The molecule has 43 heavy (non-hydrogen) atoms. The first-order chi connectivity index (χ1) is 20.8. The molecule has 2 heterocycles. The van der Waals surface area contributed by atoms with E-state index < -0.39 is 11.8 Å². The molecule has 0 unspecified atom stereocenters. The summed E-state index contributed by atoms with van der Waals surface area (Å²) < 4.78 is 7.69. The maximum Gasteiger partial charge on any atom is 0.271 e. The highest BCUT2D eigenvalue weighted by molar-refractivity contribution is 6.35. The van der Waals surface area contributed by atoms with E-state index in [0.29, 0.717) is 44.6 Å². The number of carbonyl (C=O) groups is 2. The highest BCUT2D eigenvalue weighted by Gasteiger charge is 2.35. The van der Waals surface area contributed by atoms with Crippen LogP contribution in [0.1, 0.15) is 37.8 Å². The number of nitrogens with zero attached hydrogens (tertiary/aromatic N) is 4. The molecular weight excluding hydrogens is 583 g/mol. The lowest BCUT2D eigenvalue weighted by atomic mass is 9.93. The highest BCUT2D eigenvalue weighted by atomic mass is 35.5. The number of halogens is 2. The molecule has 7 nitrogen and oxygen atoms in total.